The first kappa shape index (κ1) is 35.7. The Balaban J connectivity index is 1.12. The minimum Gasteiger partial charge on any atom is -0.432 e. The van der Waals surface area contributed by atoms with Gasteiger partial charge in [0.25, 0.3) is 5.91 Å². The summed E-state index contributed by atoms with van der Waals surface area (Å²) in [6, 6.07) is 23.1. The van der Waals surface area contributed by atoms with Crippen molar-refractivity contribution in [2.75, 3.05) is 23.4 Å². The number of hydrogen-bond acceptors (Lipinski definition) is 8. The molecule has 4 aromatic rings. The number of aryl methyl sites for hydroxylation is 1. The third-order valence-electron chi connectivity index (χ3n) is 10.8. The molecule has 0 saturated carbocycles. The van der Waals surface area contributed by atoms with Crippen LogP contribution < -0.4 is 15.5 Å². The maximum atomic E-state index is 14.8. The number of carbonyl (C=O) groups is 2. The average molecular weight is 774 g/mol. The molecule has 4 heterocycles. The fourth-order valence-corrected chi connectivity index (χ4v) is 11.4. The predicted octanol–water partition coefficient (Wildman–Crippen LogP) is 5.29. The van der Waals surface area contributed by atoms with Gasteiger partial charge in [-0.3, -0.25) is 14.3 Å². The molecule has 1 aromatic heterocycles. The number of anilines is 2. The molecule has 268 valence electrons. The van der Waals surface area contributed by atoms with E-state index in [-0.39, 0.29) is 41.8 Å². The number of aliphatic hydroxyl groups excluding tert-OH is 1. The summed E-state index contributed by atoms with van der Waals surface area (Å²) in [5.41, 5.74) is 3.35. The van der Waals surface area contributed by atoms with Crippen LogP contribution in [0.2, 0.25) is 18.6 Å². The number of nitrogens with zero attached hydrogens (tertiary/aromatic N) is 4. The molecule has 3 aliphatic rings. The summed E-state index contributed by atoms with van der Waals surface area (Å²) in [6.45, 7) is 7.44. The van der Waals surface area contributed by atoms with Gasteiger partial charge in [-0.1, -0.05) is 70.5 Å². The molecule has 13 heteroatoms. The smallest absolute Gasteiger partial charge is 0.264 e. The molecule has 1 spiro atoms. The Morgan fingerprint density at radius 2 is 1.92 bits per heavy atom. The van der Waals surface area contributed by atoms with E-state index in [1.54, 1.807) is 9.58 Å². The van der Waals surface area contributed by atoms with Crippen molar-refractivity contribution < 1.29 is 24.2 Å². The third-order valence-corrected chi connectivity index (χ3v) is 13.8. The quantitative estimate of drug-likeness (QED) is 0.151. The number of hydrogen-bond donors (Lipinski definition) is 4. The molecule has 6 atom stereocenters. The average Bonchev–Trinajstić information content (AvgIpc) is 3.91. The number of aromatic nitrogens is 3. The van der Waals surface area contributed by atoms with E-state index in [0.717, 1.165) is 46.2 Å². The van der Waals surface area contributed by atoms with Gasteiger partial charge in [-0.2, -0.15) is 0 Å². The van der Waals surface area contributed by atoms with Crippen molar-refractivity contribution in [3.63, 3.8) is 0 Å². The molecular formula is C38H45BrN6O5Si. The zero-order valence-corrected chi connectivity index (χ0v) is 31.7. The highest BCUT2D eigenvalue weighted by molar-refractivity contribution is 9.10. The van der Waals surface area contributed by atoms with Crippen LogP contribution in [0.15, 0.2) is 83.5 Å². The Hall–Kier alpha value is -3.72. The van der Waals surface area contributed by atoms with Crippen LogP contribution in [0.3, 0.4) is 0 Å². The normalized spacial score (nSPS) is 25.1. The topological polar surface area (TPSA) is 142 Å². The highest BCUT2D eigenvalue weighted by atomic mass is 79.9. The second kappa shape index (κ2) is 14.4. The zero-order valence-electron chi connectivity index (χ0n) is 29.1. The summed E-state index contributed by atoms with van der Waals surface area (Å²) >= 11 is 3.64. The van der Waals surface area contributed by atoms with Crippen molar-refractivity contribution in [2.45, 2.75) is 81.6 Å². The van der Waals surface area contributed by atoms with Crippen LogP contribution in [0.4, 0.5) is 11.4 Å². The highest BCUT2D eigenvalue weighted by Gasteiger charge is 2.66. The molecule has 0 radical (unpaired) electrons. The number of halogens is 1. The van der Waals surface area contributed by atoms with Crippen molar-refractivity contribution in [3.8, 4) is 0 Å². The van der Waals surface area contributed by atoms with E-state index in [1.165, 1.54) is 0 Å². The van der Waals surface area contributed by atoms with Gasteiger partial charge in [-0.05, 0) is 80.4 Å². The lowest BCUT2D eigenvalue weighted by Crippen LogP contribution is -2.46. The van der Waals surface area contributed by atoms with Crippen molar-refractivity contribution >= 4 is 47.4 Å². The van der Waals surface area contributed by atoms with E-state index in [0.29, 0.717) is 30.9 Å². The van der Waals surface area contributed by atoms with Crippen molar-refractivity contribution in [1.82, 2.24) is 20.3 Å². The first-order valence-electron chi connectivity index (χ1n) is 17.7. The van der Waals surface area contributed by atoms with Gasteiger partial charge in [0.1, 0.15) is 0 Å². The Bertz CT molecular complexity index is 1880. The lowest BCUT2D eigenvalue weighted by molar-refractivity contribution is -0.146. The van der Waals surface area contributed by atoms with Gasteiger partial charge in [0, 0.05) is 39.9 Å². The van der Waals surface area contributed by atoms with Gasteiger partial charge in [0.15, 0.2) is 13.9 Å². The number of benzene rings is 3. The standard InChI is InChI=1S/C38H45BrN6O5Si/c1-24-35(51(2,3)49)34(17-19-44-22-32(42-43-44)29(23-46)26-8-5-4-6-9-26)50-38(24)30-20-27(39)13-16-33(30)45(37(38)48)21-25-11-14-28(15-12-25)41-36(47)31-10-7-18-40-31/h4-6,8-9,11-16,20,22,24,29,31,34-35,40,46,49H,7,10,17-19,21,23H2,1-3H3,(H,41,47)/t24-,29?,31-,34+,35-,38+/m1/s1. The van der Waals surface area contributed by atoms with E-state index in [4.69, 9.17) is 4.74 Å². The van der Waals surface area contributed by atoms with Crippen LogP contribution in [0, 0.1) is 5.92 Å². The number of rotatable bonds is 11. The van der Waals surface area contributed by atoms with Crippen LogP contribution in [0.25, 0.3) is 0 Å². The fraction of sp³-hybridized carbons (Fsp3) is 0.421. The maximum absolute atomic E-state index is 14.8. The molecule has 2 amide bonds. The van der Waals surface area contributed by atoms with Gasteiger partial charge >= 0.3 is 0 Å². The maximum Gasteiger partial charge on any atom is 0.264 e. The first-order chi connectivity index (χ1) is 24.5. The summed E-state index contributed by atoms with van der Waals surface area (Å²) in [5, 5.41) is 25.1. The van der Waals surface area contributed by atoms with E-state index in [9.17, 15) is 19.5 Å². The highest BCUT2D eigenvalue weighted by Crippen LogP contribution is 2.60. The minimum atomic E-state index is -2.86. The van der Waals surface area contributed by atoms with Gasteiger partial charge in [0.2, 0.25) is 5.91 Å². The van der Waals surface area contributed by atoms with E-state index >= 15 is 0 Å². The van der Waals surface area contributed by atoms with E-state index in [1.807, 2.05) is 99.0 Å². The van der Waals surface area contributed by atoms with E-state index in [2.05, 4.69) is 36.9 Å². The van der Waals surface area contributed by atoms with Gasteiger partial charge in [0.05, 0.1) is 42.6 Å². The Labute approximate surface area is 307 Å². The van der Waals surface area contributed by atoms with Crippen molar-refractivity contribution in [2.24, 2.45) is 5.92 Å². The zero-order chi connectivity index (χ0) is 35.9. The van der Waals surface area contributed by atoms with Crippen LogP contribution in [-0.2, 0) is 33.0 Å². The number of aliphatic hydroxyl groups is 1. The van der Waals surface area contributed by atoms with E-state index < -0.39 is 20.0 Å². The molecule has 2 saturated heterocycles. The number of fused-ring (bicyclic) bond motifs is 2. The van der Waals surface area contributed by atoms with Crippen LogP contribution in [0.5, 0.6) is 0 Å². The predicted molar refractivity (Wildman–Crippen MR) is 201 cm³/mol. The molecule has 1 unspecified atom stereocenters. The summed E-state index contributed by atoms with van der Waals surface area (Å²) in [7, 11) is -2.86. The van der Waals surface area contributed by atoms with Gasteiger partial charge in [-0.25, -0.2) is 0 Å². The SMILES string of the molecule is C[C@@H]1[C@@H]([Si](C)(C)O)[C@H](CCn2cc(C(CO)c3ccccc3)nn2)O[C@@]12C(=O)N(Cc1ccc(NC(=O)[C@H]3CCCN3)cc1)c1ccc(Br)cc12. The molecule has 2 fully saturated rings. The number of amides is 2. The van der Waals surface area contributed by atoms with Crippen LogP contribution >= 0.6 is 15.9 Å². The molecule has 3 aromatic carbocycles. The summed E-state index contributed by atoms with van der Waals surface area (Å²) in [5.74, 6) is -0.766. The fourth-order valence-electron chi connectivity index (χ4n) is 8.39. The Morgan fingerprint density at radius 3 is 2.61 bits per heavy atom. The third kappa shape index (κ3) is 6.83. The molecule has 0 aliphatic carbocycles. The molecular weight excluding hydrogens is 728 g/mol. The first-order valence-corrected chi connectivity index (χ1v) is 21.5. The molecule has 7 rings (SSSR count). The number of ether oxygens (including phenoxy) is 1. The monoisotopic (exact) mass is 772 g/mol. The summed E-state index contributed by atoms with van der Waals surface area (Å²) in [6.07, 6.45) is 3.79. The molecule has 11 nitrogen and oxygen atoms in total. The molecule has 4 N–H and O–H groups in total. The summed E-state index contributed by atoms with van der Waals surface area (Å²) in [4.78, 5) is 40.9. The lowest BCUT2D eigenvalue weighted by atomic mass is 9.82. The Morgan fingerprint density at radius 1 is 1.16 bits per heavy atom. The lowest BCUT2D eigenvalue weighted by Gasteiger charge is -2.32. The van der Waals surface area contributed by atoms with Crippen LogP contribution in [0.1, 0.15) is 54.5 Å². The molecule has 51 heavy (non-hydrogen) atoms. The van der Waals surface area contributed by atoms with Crippen molar-refractivity contribution in [3.05, 3.63) is 106 Å². The second-order valence-corrected chi connectivity index (χ2v) is 19.5. The number of nitrogens with one attached hydrogen (secondary N) is 2. The molecule has 0 bridgehead atoms. The minimum absolute atomic E-state index is 0.0333. The van der Waals surface area contributed by atoms with Gasteiger partial charge < -0.3 is 30.2 Å². The number of carbonyl (C=O) groups excluding carboxylic acids is 2. The van der Waals surface area contributed by atoms with Crippen molar-refractivity contribution in [1.29, 1.82) is 0 Å². The molecule has 3 aliphatic heterocycles. The Kier molecular flexibility index (Phi) is 10.0. The summed E-state index contributed by atoms with van der Waals surface area (Å²) < 4.78 is 9.61. The van der Waals surface area contributed by atoms with Gasteiger partial charge in [-0.15, -0.1) is 5.10 Å². The second-order valence-electron chi connectivity index (χ2n) is 14.6. The van der Waals surface area contributed by atoms with Crippen LogP contribution in [-0.4, -0.2) is 70.3 Å². The largest absolute Gasteiger partial charge is 0.432 e.